The minimum atomic E-state index is -0.753. The first-order valence-corrected chi connectivity index (χ1v) is 6.93. The van der Waals surface area contributed by atoms with Crippen LogP contribution >= 0.6 is 0 Å². The maximum Gasteiger partial charge on any atom is 0.329 e. The summed E-state index contributed by atoms with van der Waals surface area (Å²) in [6.07, 6.45) is 9.33. The van der Waals surface area contributed by atoms with Gasteiger partial charge >= 0.3 is 11.8 Å². The van der Waals surface area contributed by atoms with Gasteiger partial charge in [-0.05, 0) is 25.0 Å². The molecule has 0 aliphatic heterocycles. The summed E-state index contributed by atoms with van der Waals surface area (Å²) in [5.74, 6) is -0.875. The van der Waals surface area contributed by atoms with Gasteiger partial charge in [-0.1, -0.05) is 25.7 Å². The van der Waals surface area contributed by atoms with Crippen molar-refractivity contribution in [3.63, 3.8) is 0 Å². The van der Waals surface area contributed by atoms with Crippen LogP contribution in [0.3, 0.4) is 0 Å². The van der Waals surface area contributed by atoms with Gasteiger partial charge in [0.25, 0.3) is 0 Å². The fraction of sp³-hybridized carbons (Fsp3) is 0.500. The normalized spacial score (nSPS) is 16.8. The molecule has 0 atom stereocenters. The van der Waals surface area contributed by atoms with Crippen LogP contribution in [-0.4, -0.2) is 24.1 Å². The van der Waals surface area contributed by atoms with E-state index in [1.54, 1.807) is 12.1 Å². The first-order valence-electron chi connectivity index (χ1n) is 6.93. The van der Waals surface area contributed by atoms with Crippen LogP contribution in [0.5, 0.6) is 0 Å². The highest BCUT2D eigenvalue weighted by Crippen LogP contribution is 2.16. The van der Waals surface area contributed by atoms with E-state index in [0.29, 0.717) is 5.76 Å². The predicted octanol–water partition coefficient (Wildman–Crippen LogP) is 1.57. The monoisotopic (exact) mass is 277 g/mol. The molecule has 0 aromatic carbocycles. The predicted molar refractivity (Wildman–Crippen MR) is 74.1 cm³/mol. The molecule has 0 radical (unpaired) electrons. The minimum Gasteiger partial charge on any atom is -0.463 e. The molecule has 108 valence electrons. The molecule has 1 saturated carbocycles. The van der Waals surface area contributed by atoms with Crippen LogP contribution in [0, 0.1) is 0 Å². The molecule has 0 spiro atoms. The van der Waals surface area contributed by atoms with Crippen LogP contribution in [0.2, 0.25) is 0 Å². The fourth-order valence-electron chi connectivity index (χ4n) is 2.24. The standard InChI is InChI=1S/C14H19N3O3/c18-13(16-11-6-3-1-2-4-7-11)14(19)17-15-10-12-8-5-9-20-12/h5,8-11H,1-4,6-7H2,(H,16,18)(H,17,19)/b15-10-. The molecule has 2 amide bonds. The molecule has 1 aromatic rings. The van der Waals surface area contributed by atoms with Crippen molar-refractivity contribution in [3.05, 3.63) is 24.2 Å². The molecule has 1 aromatic heterocycles. The molecule has 1 aliphatic rings. The second-order valence-electron chi connectivity index (χ2n) is 4.88. The minimum absolute atomic E-state index is 0.102. The van der Waals surface area contributed by atoms with E-state index in [9.17, 15) is 9.59 Å². The Morgan fingerprint density at radius 2 is 1.95 bits per heavy atom. The van der Waals surface area contributed by atoms with Gasteiger partial charge in [0.1, 0.15) is 5.76 Å². The summed E-state index contributed by atoms with van der Waals surface area (Å²) in [6, 6.07) is 3.51. The lowest BCUT2D eigenvalue weighted by Crippen LogP contribution is -2.43. The molecule has 0 bridgehead atoms. The molecule has 1 fully saturated rings. The summed E-state index contributed by atoms with van der Waals surface area (Å²) < 4.78 is 5.01. The van der Waals surface area contributed by atoms with Gasteiger partial charge in [0.05, 0.1) is 12.5 Å². The molecular formula is C14H19N3O3. The summed E-state index contributed by atoms with van der Waals surface area (Å²) in [5.41, 5.74) is 2.18. The van der Waals surface area contributed by atoms with E-state index >= 15 is 0 Å². The molecule has 2 N–H and O–H groups in total. The van der Waals surface area contributed by atoms with E-state index in [4.69, 9.17) is 4.42 Å². The molecule has 20 heavy (non-hydrogen) atoms. The summed E-state index contributed by atoms with van der Waals surface area (Å²) in [5, 5.41) is 6.42. The largest absolute Gasteiger partial charge is 0.463 e. The van der Waals surface area contributed by atoms with E-state index in [0.717, 1.165) is 25.7 Å². The highest BCUT2D eigenvalue weighted by atomic mass is 16.3. The van der Waals surface area contributed by atoms with Gasteiger partial charge < -0.3 is 9.73 Å². The van der Waals surface area contributed by atoms with Crippen molar-refractivity contribution in [2.45, 2.75) is 44.6 Å². The van der Waals surface area contributed by atoms with E-state index < -0.39 is 11.8 Å². The molecule has 1 heterocycles. The highest BCUT2D eigenvalue weighted by molar-refractivity contribution is 6.35. The van der Waals surface area contributed by atoms with Crippen LogP contribution in [-0.2, 0) is 9.59 Å². The molecule has 6 nitrogen and oxygen atoms in total. The number of hydrogen-bond donors (Lipinski definition) is 2. The lowest BCUT2D eigenvalue weighted by molar-refractivity contribution is -0.139. The fourth-order valence-corrected chi connectivity index (χ4v) is 2.24. The smallest absolute Gasteiger partial charge is 0.329 e. The van der Waals surface area contributed by atoms with Crippen molar-refractivity contribution < 1.29 is 14.0 Å². The van der Waals surface area contributed by atoms with Crippen molar-refractivity contribution >= 4 is 18.0 Å². The number of hydrazone groups is 1. The summed E-state index contributed by atoms with van der Waals surface area (Å²) >= 11 is 0. The second-order valence-corrected chi connectivity index (χ2v) is 4.88. The zero-order valence-electron chi connectivity index (χ0n) is 11.3. The van der Waals surface area contributed by atoms with Gasteiger partial charge in [-0.3, -0.25) is 9.59 Å². The third kappa shape index (κ3) is 4.53. The number of carbonyl (C=O) groups is 2. The van der Waals surface area contributed by atoms with Gasteiger partial charge in [0.15, 0.2) is 0 Å². The number of nitrogens with one attached hydrogen (secondary N) is 2. The van der Waals surface area contributed by atoms with Crippen molar-refractivity contribution in [1.29, 1.82) is 0 Å². The number of carbonyl (C=O) groups excluding carboxylic acids is 2. The average Bonchev–Trinajstić information content (AvgIpc) is 2.82. The number of furan rings is 1. The Balaban J connectivity index is 1.75. The quantitative estimate of drug-likeness (QED) is 0.381. The summed E-state index contributed by atoms with van der Waals surface area (Å²) in [4.78, 5) is 23.3. The summed E-state index contributed by atoms with van der Waals surface area (Å²) in [7, 11) is 0. The Labute approximate surface area is 117 Å². The van der Waals surface area contributed by atoms with E-state index in [1.807, 2.05) is 0 Å². The lowest BCUT2D eigenvalue weighted by Gasteiger charge is -2.14. The van der Waals surface area contributed by atoms with Gasteiger partial charge in [-0.25, -0.2) is 5.43 Å². The Kier molecular flexibility index (Phi) is 5.34. The van der Waals surface area contributed by atoms with Crippen molar-refractivity contribution in [1.82, 2.24) is 10.7 Å². The van der Waals surface area contributed by atoms with Crippen molar-refractivity contribution in [2.75, 3.05) is 0 Å². The Hall–Kier alpha value is -2.11. The van der Waals surface area contributed by atoms with Crippen LogP contribution in [0.1, 0.15) is 44.3 Å². The van der Waals surface area contributed by atoms with E-state index in [-0.39, 0.29) is 6.04 Å². The molecule has 0 unspecified atom stereocenters. The number of amides is 2. The van der Waals surface area contributed by atoms with Gasteiger partial charge in [0, 0.05) is 6.04 Å². The Bertz CT molecular complexity index is 460. The molecular weight excluding hydrogens is 258 g/mol. The van der Waals surface area contributed by atoms with E-state index in [1.165, 1.54) is 25.3 Å². The lowest BCUT2D eigenvalue weighted by atomic mass is 10.1. The molecule has 2 rings (SSSR count). The second kappa shape index (κ2) is 7.47. The number of nitrogens with zero attached hydrogens (tertiary/aromatic N) is 1. The summed E-state index contributed by atoms with van der Waals surface area (Å²) in [6.45, 7) is 0. The van der Waals surface area contributed by atoms with Crippen molar-refractivity contribution in [3.8, 4) is 0 Å². The first-order chi connectivity index (χ1) is 9.75. The Morgan fingerprint density at radius 1 is 1.20 bits per heavy atom. The molecule has 6 heteroatoms. The van der Waals surface area contributed by atoms with Gasteiger partial charge in [-0.2, -0.15) is 5.10 Å². The zero-order chi connectivity index (χ0) is 14.2. The maximum atomic E-state index is 11.7. The van der Waals surface area contributed by atoms with E-state index in [2.05, 4.69) is 15.8 Å². The van der Waals surface area contributed by atoms with Crippen LogP contribution < -0.4 is 10.7 Å². The van der Waals surface area contributed by atoms with Crippen LogP contribution in [0.4, 0.5) is 0 Å². The number of hydrogen-bond acceptors (Lipinski definition) is 4. The van der Waals surface area contributed by atoms with Crippen molar-refractivity contribution in [2.24, 2.45) is 5.10 Å². The Morgan fingerprint density at radius 3 is 2.60 bits per heavy atom. The molecule has 1 aliphatic carbocycles. The zero-order valence-corrected chi connectivity index (χ0v) is 11.3. The van der Waals surface area contributed by atoms with Crippen LogP contribution in [0.25, 0.3) is 0 Å². The maximum absolute atomic E-state index is 11.7. The highest BCUT2D eigenvalue weighted by Gasteiger charge is 2.19. The average molecular weight is 277 g/mol. The molecule has 0 saturated heterocycles. The van der Waals surface area contributed by atoms with Gasteiger partial charge in [-0.15, -0.1) is 0 Å². The van der Waals surface area contributed by atoms with Gasteiger partial charge in [0.2, 0.25) is 0 Å². The third-order valence-electron chi connectivity index (χ3n) is 3.30. The van der Waals surface area contributed by atoms with Crippen LogP contribution in [0.15, 0.2) is 27.9 Å². The first kappa shape index (κ1) is 14.3. The number of rotatable bonds is 3. The topological polar surface area (TPSA) is 83.7 Å². The third-order valence-corrected chi connectivity index (χ3v) is 3.30. The SMILES string of the molecule is O=C(N/N=C\c1ccco1)C(=O)NC1CCCCCC1.